The van der Waals surface area contributed by atoms with Gasteiger partial charge in [0.25, 0.3) is 5.91 Å². The molecular weight excluding hydrogens is 331 g/mol. The van der Waals surface area contributed by atoms with Gasteiger partial charge in [-0.2, -0.15) is 0 Å². The first-order valence-electron chi connectivity index (χ1n) is 8.10. The second kappa shape index (κ2) is 6.72. The fraction of sp³-hybridized carbons (Fsp3) is 0. The maximum absolute atomic E-state index is 13.3. The zero-order chi connectivity index (χ0) is 17.9. The molecule has 0 saturated heterocycles. The van der Waals surface area contributed by atoms with Gasteiger partial charge >= 0.3 is 0 Å². The first-order chi connectivity index (χ1) is 12.7. The highest BCUT2D eigenvalue weighted by Crippen LogP contribution is 2.23. The van der Waals surface area contributed by atoms with E-state index in [1.807, 2.05) is 30.3 Å². The van der Waals surface area contributed by atoms with E-state index in [2.05, 4.69) is 10.3 Å². The molecule has 2 N–H and O–H groups in total. The fourth-order valence-corrected chi connectivity index (χ4v) is 2.65. The SMILES string of the molecule is O=C(Nc1ccc(Oc2ccccc2)cc1)c1cc2ccc(F)cc2[nH]1. The number of para-hydroxylation sites is 1. The number of nitrogens with one attached hydrogen (secondary N) is 2. The third-order valence-corrected chi connectivity index (χ3v) is 3.92. The minimum Gasteiger partial charge on any atom is -0.457 e. The summed E-state index contributed by atoms with van der Waals surface area (Å²) in [6, 6.07) is 22.6. The van der Waals surface area contributed by atoms with Crippen LogP contribution in [0.5, 0.6) is 11.5 Å². The lowest BCUT2D eigenvalue weighted by Crippen LogP contribution is -2.12. The Morgan fingerprint density at radius 3 is 2.38 bits per heavy atom. The molecule has 0 spiro atoms. The van der Waals surface area contributed by atoms with Crippen LogP contribution in [0.4, 0.5) is 10.1 Å². The lowest BCUT2D eigenvalue weighted by Gasteiger charge is -2.07. The quantitative estimate of drug-likeness (QED) is 0.523. The van der Waals surface area contributed by atoms with Crippen LogP contribution in [-0.4, -0.2) is 10.9 Å². The summed E-state index contributed by atoms with van der Waals surface area (Å²) in [5.74, 6) is 0.781. The van der Waals surface area contributed by atoms with Crippen molar-refractivity contribution in [3.05, 3.63) is 90.4 Å². The molecule has 0 unspecified atom stereocenters. The van der Waals surface area contributed by atoms with Gasteiger partial charge in [-0.05, 0) is 60.7 Å². The Bertz CT molecular complexity index is 1060. The second-order valence-electron chi connectivity index (χ2n) is 5.81. The van der Waals surface area contributed by atoms with Gasteiger partial charge in [-0.25, -0.2) is 4.39 Å². The molecule has 128 valence electrons. The lowest BCUT2D eigenvalue weighted by atomic mass is 10.2. The minimum absolute atomic E-state index is 0.293. The van der Waals surface area contributed by atoms with E-state index < -0.39 is 0 Å². The standard InChI is InChI=1S/C21H15FN2O2/c22-15-7-6-14-12-20(24-19(14)13-15)21(25)23-16-8-10-18(11-9-16)26-17-4-2-1-3-5-17/h1-13,24H,(H,23,25). The summed E-state index contributed by atoms with van der Waals surface area (Å²) in [5, 5.41) is 3.59. The van der Waals surface area contributed by atoms with Crippen LogP contribution in [0.1, 0.15) is 10.5 Å². The van der Waals surface area contributed by atoms with Crippen molar-refractivity contribution < 1.29 is 13.9 Å². The summed E-state index contributed by atoms with van der Waals surface area (Å²) < 4.78 is 19.0. The van der Waals surface area contributed by atoms with Gasteiger partial charge < -0.3 is 15.0 Å². The highest BCUT2D eigenvalue weighted by Gasteiger charge is 2.10. The van der Waals surface area contributed by atoms with E-state index in [1.165, 1.54) is 12.1 Å². The van der Waals surface area contributed by atoms with Gasteiger partial charge in [0, 0.05) is 16.6 Å². The van der Waals surface area contributed by atoms with Crippen LogP contribution in [0.15, 0.2) is 78.9 Å². The summed E-state index contributed by atoms with van der Waals surface area (Å²) in [4.78, 5) is 15.3. The number of carbonyl (C=O) groups is 1. The topological polar surface area (TPSA) is 54.1 Å². The number of H-pyrrole nitrogens is 1. The molecule has 4 aromatic rings. The second-order valence-corrected chi connectivity index (χ2v) is 5.81. The van der Waals surface area contributed by atoms with Crippen molar-refractivity contribution in [2.45, 2.75) is 0 Å². The van der Waals surface area contributed by atoms with Crippen molar-refractivity contribution in [2.75, 3.05) is 5.32 Å². The number of hydrogen-bond acceptors (Lipinski definition) is 2. The number of aromatic amines is 1. The summed E-state index contributed by atoms with van der Waals surface area (Å²) in [6.45, 7) is 0. The molecule has 5 heteroatoms. The van der Waals surface area contributed by atoms with Crippen LogP contribution in [-0.2, 0) is 0 Å². The number of amides is 1. The van der Waals surface area contributed by atoms with Crippen molar-refractivity contribution in [2.24, 2.45) is 0 Å². The van der Waals surface area contributed by atoms with E-state index in [4.69, 9.17) is 4.74 Å². The maximum Gasteiger partial charge on any atom is 0.272 e. The molecule has 0 fully saturated rings. The molecule has 1 aromatic heterocycles. The highest BCUT2D eigenvalue weighted by atomic mass is 19.1. The summed E-state index contributed by atoms with van der Waals surface area (Å²) in [7, 11) is 0. The summed E-state index contributed by atoms with van der Waals surface area (Å²) >= 11 is 0. The van der Waals surface area contributed by atoms with Crippen molar-refractivity contribution in [1.82, 2.24) is 4.98 Å². The Balaban J connectivity index is 1.46. The molecule has 26 heavy (non-hydrogen) atoms. The number of benzene rings is 3. The van der Waals surface area contributed by atoms with Gasteiger partial charge in [0.2, 0.25) is 0 Å². The van der Waals surface area contributed by atoms with Crippen LogP contribution in [0.3, 0.4) is 0 Å². The van der Waals surface area contributed by atoms with E-state index in [0.717, 1.165) is 11.1 Å². The molecule has 1 amide bonds. The van der Waals surface area contributed by atoms with E-state index in [9.17, 15) is 9.18 Å². The number of rotatable bonds is 4. The third-order valence-electron chi connectivity index (χ3n) is 3.92. The van der Waals surface area contributed by atoms with Gasteiger partial charge in [0.1, 0.15) is 23.0 Å². The summed E-state index contributed by atoms with van der Waals surface area (Å²) in [5.41, 5.74) is 1.59. The molecule has 0 radical (unpaired) electrons. The normalized spacial score (nSPS) is 10.7. The molecule has 4 nitrogen and oxygen atoms in total. The molecule has 0 saturated carbocycles. The van der Waals surface area contributed by atoms with Crippen molar-refractivity contribution in [3.8, 4) is 11.5 Å². The summed E-state index contributed by atoms with van der Waals surface area (Å²) in [6.07, 6.45) is 0. The zero-order valence-corrected chi connectivity index (χ0v) is 13.7. The van der Waals surface area contributed by atoms with E-state index in [-0.39, 0.29) is 11.7 Å². The molecule has 0 aliphatic heterocycles. The van der Waals surface area contributed by atoms with Crippen LogP contribution >= 0.6 is 0 Å². The predicted molar refractivity (Wildman–Crippen MR) is 99.2 cm³/mol. The predicted octanol–water partition coefficient (Wildman–Crippen LogP) is 5.35. The van der Waals surface area contributed by atoms with Crippen molar-refractivity contribution in [1.29, 1.82) is 0 Å². The molecule has 0 bridgehead atoms. The number of anilines is 1. The average Bonchev–Trinajstić information content (AvgIpc) is 3.07. The Labute approximate surface area is 149 Å². The number of hydrogen-bond donors (Lipinski definition) is 2. The average molecular weight is 346 g/mol. The molecule has 0 aliphatic carbocycles. The van der Waals surface area contributed by atoms with Gasteiger partial charge in [-0.15, -0.1) is 0 Å². The first kappa shape index (κ1) is 15.9. The molecule has 1 heterocycles. The maximum atomic E-state index is 13.3. The van der Waals surface area contributed by atoms with Crippen LogP contribution in [0.2, 0.25) is 0 Å². The number of halogens is 1. The molecule has 0 atom stereocenters. The fourth-order valence-electron chi connectivity index (χ4n) is 2.65. The van der Waals surface area contributed by atoms with E-state index >= 15 is 0 Å². The van der Waals surface area contributed by atoms with Crippen LogP contribution in [0, 0.1) is 5.82 Å². The van der Waals surface area contributed by atoms with Crippen molar-refractivity contribution in [3.63, 3.8) is 0 Å². The van der Waals surface area contributed by atoms with Crippen LogP contribution in [0.25, 0.3) is 10.9 Å². The van der Waals surface area contributed by atoms with Crippen LogP contribution < -0.4 is 10.1 Å². The Hall–Kier alpha value is -3.60. The van der Waals surface area contributed by atoms with Gasteiger partial charge in [-0.1, -0.05) is 18.2 Å². The number of ether oxygens (including phenoxy) is 1. The molecule has 4 rings (SSSR count). The largest absolute Gasteiger partial charge is 0.457 e. The van der Waals surface area contributed by atoms with Crippen molar-refractivity contribution >= 4 is 22.5 Å². The zero-order valence-electron chi connectivity index (χ0n) is 13.7. The monoisotopic (exact) mass is 346 g/mol. The minimum atomic E-state index is -0.347. The van der Waals surface area contributed by atoms with Gasteiger partial charge in [0.15, 0.2) is 0 Å². The third kappa shape index (κ3) is 3.42. The van der Waals surface area contributed by atoms with Gasteiger partial charge in [0.05, 0.1) is 0 Å². The highest BCUT2D eigenvalue weighted by molar-refractivity contribution is 6.05. The Kier molecular flexibility index (Phi) is 4.11. The number of aromatic nitrogens is 1. The smallest absolute Gasteiger partial charge is 0.272 e. The number of carbonyl (C=O) groups excluding carboxylic acids is 1. The van der Waals surface area contributed by atoms with E-state index in [0.29, 0.717) is 22.6 Å². The first-order valence-corrected chi connectivity index (χ1v) is 8.10. The number of fused-ring (bicyclic) bond motifs is 1. The molecular formula is C21H15FN2O2. The lowest BCUT2D eigenvalue weighted by molar-refractivity contribution is 0.102. The molecule has 3 aromatic carbocycles. The van der Waals surface area contributed by atoms with E-state index in [1.54, 1.807) is 36.4 Å². The Morgan fingerprint density at radius 2 is 1.62 bits per heavy atom. The molecule has 0 aliphatic rings. The van der Waals surface area contributed by atoms with Gasteiger partial charge in [-0.3, -0.25) is 4.79 Å². The Morgan fingerprint density at radius 1 is 0.885 bits per heavy atom.